The van der Waals surface area contributed by atoms with Crippen molar-refractivity contribution in [2.75, 3.05) is 5.32 Å². The number of carbonyl (C=O) groups is 1. The molecule has 2 aliphatic carbocycles. The summed E-state index contributed by atoms with van der Waals surface area (Å²) in [5, 5.41) is 3.15. The predicted octanol–water partition coefficient (Wildman–Crippen LogP) is 4.23. The summed E-state index contributed by atoms with van der Waals surface area (Å²) >= 11 is 0. The van der Waals surface area contributed by atoms with Crippen molar-refractivity contribution in [1.82, 2.24) is 0 Å². The van der Waals surface area contributed by atoms with Gasteiger partial charge >= 0.3 is 0 Å². The van der Waals surface area contributed by atoms with Crippen molar-refractivity contribution in [3.63, 3.8) is 0 Å². The summed E-state index contributed by atoms with van der Waals surface area (Å²) in [7, 11) is 0. The summed E-state index contributed by atoms with van der Waals surface area (Å²) in [5.41, 5.74) is 3.31. The lowest BCUT2D eigenvalue weighted by Gasteiger charge is -2.09. The maximum atomic E-state index is 12.5. The molecule has 0 unspecified atom stereocenters. The summed E-state index contributed by atoms with van der Waals surface area (Å²) < 4.78 is 0. The first-order valence-electron chi connectivity index (χ1n) is 7.70. The topological polar surface area (TPSA) is 29.1 Å². The van der Waals surface area contributed by atoms with Gasteiger partial charge in [0.25, 0.3) is 0 Å². The Morgan fingerprint density at radius 1 is 1.10 bits per heavy atom. The van der Waals surface area contributed by atoms with Gasteiger partial charge in [-0.25, -0.2) is 0 Å². The van der Waals surface area contributed by atoms with Gasteiger partial charge in [0.15, 0.2) is 0 Å². The van der Waals surface area contributed by atoms with Crippen molar-refractivity contribution in [3.05, 3.63) is 41.5 Å². The van der Waals surface area contributed by atoms with Crippen LogP contribution in [-0.4, -0.2) is 5.91 Å². The van der Waals surface area contributed by atoms with Gasteiger partial charge in [-0.05, 0) is 68.6 Å². The van der Waals surface area contributed by atoms with Crippen LogP contribution in [0.4, 0.5) is 5.69 Å². The van der Waals surface area contributed by atoms with Crippen molar-refractivity contribution in [2.45, 2.75) is 39.5 Å². The summed E-state index contributed by atoms with van der Waals surface area (Å²) in [4.78, 5) is 12.5. The van der Waals surface area contributed by atoms with Crippen LogP contribution in [-0.2, 0) is 4.79 Å². The second-order valence-corrected chi connectivity index (χ2v) is 6.29. The average Bonchev–Trinajstić information content (AvgIpc) is 3.05. The van der Waals surface area contributed by atoms with Gasteiger partial charge in [-0.15, -0.1) is 0 Å². The lowest BCUT2D eigenvalue weighted by Crippen LogP contribution is -2.16. The minimum Gasteiger partial charge on any atom is -0.326 e. The number of fused-ring (bicyclic) bond motifs is 1. The highest BCUT2D eigenvalue weighted by atomic mass is 16.2. The van der Waals surface area contributed by atoms with Gasteiger partial charge < -0.3 is 5.32 Å². The molecule has 3 rings (SSSR count). The predicted molar refractivity (Wildman–Crippen MR) is 82.6 cm³/mol. The second kappa shape index (κ2) is 5.43. The number of rotatable bonds is 2. The SMILES string of the molecule is Cc1ccc(C)c(NC(=O)C2[C@@H]3CC/C=C\CC[C@@H]23)c1. The molecule has 1 amide bonds. The molecule has 1 fully saturated rings. The second-order valence-electron chi connectivity index (χ2n) is 6.29. The lowest BCUT2D eigenvalue weighted by molar-refractivity contribution is -0.117. The van der Waals surface area contributed by atoms with Crippen LogP contribution in [0.5, 0.6) is 0 Å². The third-order valence-corrected chi connectivity index (χ3v) is 4.79. The van der Waals surface area contributed by atoms with Crippen LogP contribution in [0, 0.1) is 31.6 Å². The molecule has 1 saturated carbocycles. The van der Waals surface area contributed by atoms with Crippen LogP contribution in [0.2, 0.25) is 0 Å². The molecule has 1 aromatic rings. The lowest BCUT2D eigenvalue weighted by atomic mass is 10.1. The Hall–Kier alpha value is -1.57. The fourth-order valence-corrected chi connectivity index (χ4v) is 3.52. The van der Waals surface area contributed by atoms with Crippen molar-refractivity contribution < 1.29 is 4.79 Å². The molecule has 0 spiro atoms. The fourth-order valence-electron chi connectivity index (χ4n) is 3.52. The minimum atomic E-state index is 0.232. The van der Waals surface area contributed by atoms with Gasteiger partial charge in [0.05, 0.1) is 0 Å². The Balaban J connectivity index is 1.67. The normalized spacial score (nSPS) is 29.8. The van der Waals surface area contributed by atoms with Gasteiger partial charge in [-0.3, -0.25) is 4.79 Å². The summed E-state index contributed by atoms with van der Waals surface area (Å²) in [6.07, 6.45) is 9.16. The monoisotopic (exact) mass is 269 g/mol. The van der Waals surface area contributed by atoms with E-state index in [4.69, 9.17) is 0 Å². The molecule has 2 heteroatoms. The number of anilines is 1. The summed E-state index contributed by atoms with van der Waals surface area (Å²) in [6.45, 7) is 4.11. The van der Waals surface area contributed by atoms with E-state index >= 15 is 0 Å². The van der Waals surface area contributed by atoms with E-state index in [0.717, 1.165) is 24.1 Å². The maximum absolute atomic E-state index is 12.5. The fraction of sp³-hybridized carbons (Fsp3) is 0.500. The van der Waals surface area contributed by atoms with Crippen molar-refractivity contribution in [1.29, 1.82) is 0 Å². The van der Waals surface area contributed by atoms with Crippen LogP contribution >= 0.6 is 0 Å². The number of benzene rings is 1. The average molecular weight is 269 g/mol. The Labute approximate surface area is 121 Å². The van der Waals surface area contributed by atoms with Crippen LogP contribution < -0.4 is 5.32 Å². The molecule has 0 saturated heterocycles. The highest BCUT2D eigenvalue weighted by Gasteiger charge is 2.53. The zero-order chi connectivity index (χ0) is 14.1. The number of hydrogen-bond donors (Lipinski definition) is 1. The van der Waals surface area contributed by atoms with E-state index in [9.17, 15) is 4.79 Å². The first kappa shape index (κ1) is 13.4. The highest BCUT2D eigenvalue weighted by molar-refractivity contribution is 5.95. The van der Waals surface area contributed by atoms with Crippen LogP contribution in [0.15, 0.2) is 30.4 Å². The zero-order valence-corrected chi connectivity index (χ0v) is 12.4. The van der Waals surface area contributed by atoms with Crippen molar-refractivity contribution in [3.8, 4) is 0 Å². The molecule has 0 radical (unpaired) electrons. The number of hydrogen-bond acceptors (Lipinski definition) is 1. The molecular weight excluding hydrogens is 246 g/mol. The third-order valence-electron chi connectivity index (χ3n) is 4.79. The van der Waals surface area contributed by atoms with E-state index in [1.807, 2.05) is 0 Å². The highest BCUT2D eigenvalue weighted by Crippen LogP contribution is 2.53. The third kappa shape index (κ3) is 2.65. The summed E-state index contributed by atoms with van der Waals surface area (Å²) in [5.74, 6) is 1.71. The summed E-state index contributed by atoms with van der Waals surface area (Å²) in [6, 6.07) is 6.23. The Morgan fingerprint density at radius 3 is 2.40 bits per heavy atom. The molecule has 106 valence electrons. The van der Waals surface area contributed by atoms with Gasteiger partial charge in [0.2, 0.25) is 5.91 Å². The van der Waals surface area contributed by atoms with E-state index < -0.39 is 0 Å². The van der Waals surface area contributed by atoms with Crippen LogP contribution in [0.1, 0.15) is 36.8 Å². The molecule has 1 aromatic carbocycles. The minimum absolute atomic E-state index is 0.232. The molecule has 1 N–H and O–H groups in total. The molecule has 0 aromatic heterocycles. The van der Waals surface area contributed by atoms with Gasteiger partial charge in [0.1, 0.15) is 0 Å². The number of allylic oxidation sites excluding steroid dienone is 2. The van der Waals surface area contributed by atoms with Crippen LogP contribution in [0.25, 0.3) is 0 Å². The molecule has 20 heavy (non-hydrogen) atoms. The smallest absolute Gasteiger partial charge is 0.228 e. The number of aryl methyl sites for hydroxylation is 2. The van der Waals surface area contributed by atoms with E-state index in [1.54, 1.807) is 0 Å². The van der Waals surface area contributed by atoms with E-state index in [1.165, 1.54) is 18.4 Å². The first-order valence-corrected chi connectivity index (χ1v) is 7.70. The van der Waals surface area contributed by atoms with Gasteiger partial charge in [-0.1, -0.05) is 24.3 Å². The zero-order valence-electron chi connectivity index (χ0n) is 12.4. The molecule has 0 bridgehead atoms. The quantitative estimate of drug-likeness (QED) is 0.800. The molecule has 0 heterocycles. The maximum Gasteiger partial charge on any atom is 0.228 e. The Kier molecular flexibility index (Phi) is 3.64. The largest absolute Gasteiger partial charge is 0.326 e. The number of carbonyl (C=O) groups excluding carboxylic acids is 1. The van der Waals surface area contributed by atoms with Gasteiger partial charge in [0, 0.05) is 11.6 Å². The Morgan fingerprint density at radius 2 is 1.75 bits per heavy atom. The molecule has 2 nitrogen and oxygen atoms in total. The van der Waals surface area contributed by atoms with E-state index in [0.29, 0.717) is 11.8 Å². The van der Waals surface area contributed by atoms with Crippen LogP contribution in [0.3, 0.4) is 0 Å². The standard InChI is InChI=1S/C18H23NO/c1-12-9-10-13(2)16(11-12)19-18(20)17-14-7-5-3-4-6-8-15(14)17/h3-4,9-11,14-15,17H,5-8H2,1-2H3,(H,19,20)/b4-3-/t14-,15-/m1/s1. The van der Waals surface area contributed by atoms with Gasteiger partial charge in [-0.2, -0.15) is 0 Å². The molecular formula is C18H23NO. The number of nitrogens with one attached hydrogen (secondary N) is 1. The Bertz CT molecular complexity index is 530. The first-order chi connectivity index (χ1) is 9.66. The molecule has 2 aliphatic rings. The van der Waals surface area contributed by atoms with Crippen molar-refractivity contribution in [2.24, 2.45) is 17.8 Å². The number of amides is 1. The molecule has 0 aliphatic heterocycles. The van der Waals surface area contributed by atoms with E-state index in [-0.39, 0.29) is 11.8 Å². The van der Waals surface area contributed by atoms with Crippen molar-refractivity contribution >= 4 is 11.6 Å². The van der Waals surface area contributed by atoms with E-state index in [2.05, 4.69) is 49.5 Å². The molecule has 2 atom stereocenters.